The minimum atomic E-state index is -0.670. The molecule has 3 aromatic rings. The molecule has 9 heteroatoms. The first-order valence-electron chi connectivity index (χ1n) is 9.50. The van der Waals surface area contributed by atoms with Gasteiger partial charge in [-0.15, -0.1) is 5.10 Å². The Hall–Kier alpha value is -3.07. The van der Waals surface area contributed by atoms with Gasteiger partial charge in [-0.1, -0.05) is 0 Å². The van der Waals surface area contributed by atoms with Gasteiger partial charge in [0.2, 0.25) is 5.95 Å². The van der Waals surface area contributed by atoms with Gasteiger partial charge < -0.3 is 15.0 Å². The number of hydrogen-bond acceptors (Lipinski definition) is 6. The molecule has 0 amide bonds. The van der Waals surface area contributed by atoms with Crippen LogP contribution >= 0.6 is 0 Å². The van der Waals surface area contributed by atoms with Crippen molar-refractivity contribution in [2.24, 2.45) is 11.8 Å². The lowest BCUT2D eigenvalue weighted by Crippen LogP contribution is -2.54. The standard InChI is InChI=1S/C20H20F2N6O.H2/c1-12-2-18(24-19(3-12)27-7-13(8-27)14-9-29-10-14)25-20-23-11-28(26-20)17-5-15(21)4-16(22)6-17;/h2-6,11,13-14H,7-10H2,1H3,(H,24,25,26);1H. The Labute approximate surface area is 167 Å². The van der Waals surface area contributed by atoms with E-state index >= 15 is 0 Å². The predicted octanol–water partition coefficient (Wildman–Crippen LogP) is 3.32. The average Bonchev–Trinajstić information content (AvgIpc) is 3.03. The highest BCUT2D eigenvalue weighted by atomic mass is 19.1. The molecule has 29 heavy (non-hydrogen) atoms. The Kier molecular flexibility index (Phi) is 4.39. The summed E-state index contributed by atoms with van der Waals surface area (Å²) in [5.74, 6) is 1.84. The number of aryl methyl sites for hydroxylation is 1. The fourth-order valence-electron chi connectivity index (χ4n) is 3.63. The Morgan fingerprint density at radius 3 is 2.52 bits per heavy atom. The Morgan fingerprint density at radius 2 is 1.83 bits per heavy atom. The van der Waals surface area contributed by atoms with Crippen LogP contribution < -0.4 is 10.2 Å². The first-order chi connectivity index (χ1) is 14.0. The molecule has 1 N–H and O–H groups in total. The molecule has 152 valence electrons. The van der Waals surface area contributed by atoms with Crippen molar-refractivity contribution in [1.29, 1.82) is 0 Å². The Bertz CT molecular complexity index is 1030. The fourth-order valence-corrected chi connectivity index (χ4v) is 3.63. The van der Waals surface area contributed by atoms with Crippen LogP contribution in [0.5, 0.6) is 0 Å². The maximum absolute atomic E-state index is 13.4. The molecule has 1 aromatic carbocycles. The van der Waals surface area contributed by atoms with Gasteiger partial charge in [-0.3, -0.25) is 0 Å². The number of nitrogens with zero attached hydrogens (tertiary/aromatic N) is 5. The quantitative estimate of drug-likeness (QED) is 0.709. The van der Waals surface area contributed by atoms with Crippen LogP contribution in [-0.2, 0) is 4.74 Å². The smallest absolute Gasteiger partial charge is 0.248 e. The van der Waals surface area contributed by atoms with Gasteiger partial charge in [-0.25, -0.2) is 18.4 Å². The summed E-state index contributed by atoms with van der Waals surface area (Å²) in [4.78, 5) is 11.1. The number of pyridine rings is 1. The second-order valence-electron chi connectivity index (χ2n) is 7.62. The molecule has 2 aromatic heterocycles. The monoisotopic (exact) mass is 400 g/mol. The van der Waals surface area contributed by atoms with Gasteiger partial charge in [0.05, 0.1) is 18.9 Å². The van der Waals surface area contributed by atoms with E-state index in [0.717, 1.165) is 43.8 Å². The van der Waals surface area contributed by atoms with Gasteiger partial charge >= 0.3 is 0 Å². The minimum absolute atomic E-state index is 0. The first kappa shape index (κ1) is 18.0. The van der Waals surface area contributed by atoms with E-state index in [1.54, 1.807) is 0 Å². The third-order valence-corrected chi connectivity index (χ3v) is 5.36. The molecular weight excluding hydrogens is 378 g/mol. The van der Waals surface area contributed by atoms with E-state index in [-0.39, 0.29) is 7.11 Å². The number of benzene rings is 1. The molecule has 2 saturated heterocycles. The second-order valence-corrected chi connectivity index (χ2v) is 7.62. The number of halogens is 2. The Morgan fingerprint density at radius 1 is 1.07 bits per heavy atom. The largest absolute Gasteiger partial charge is 0.381 e. The average molecular weight is 400 g/mol. The molecule has 0 radical (unpaired) electrons. The summed E-state index contributed by atoms with van der Waals surface area (Å²) in [6, 6.07) is 7.16. The van der Waals surface area contributed by atoms with Crippen molar-refractivity contribution in [1.82, 2.24) is 19.7 Å². The van der Waals surface area contributed by atoms with E-state index in [1.807, 2.05) is 13.0 Å². The van der Waals surface area contributed by atoms with E-state index in [0.29, 0.717) is 23.6 Å². The summed E-state index contributed by atoms with van der Waals surface area (Å²) < 4.78 is 33.5. The van der Waals surface area contributed by atoms with Crippen molar-refractivity contribution in [3.63, 3.8) is 0 Å². The van der Waals surface area contributed by atoms with Crippen LogP contribution in [0.25, 0.3) is 5.69 Å². The number of ether oxygens (including phenoxy) is 1. The van der Waals surface area contributed by atoms with Crippen LogP contribution in [0.1, 0.15) is 6.99 Å². The molecule has 2 aliphatic rings. The molecule has 2 aliphatic heterocycles. The third kappa shape index (κ3) is 3.65. The fraction of sp³-hybridized carbons (Fsp3) is 0.350. The molecular formula is C20H22F2N6O. The lowest BCUT2D eigenvalue weighted by molar-refractivity contribution is -0.0660. The Balaban J connectivity index is 0.00000218. The maximum atomic E-state index is 13.4. The van der Waals surface area contributed by atoms with Crippen molar-refractivity contribution in [3.05, 3.63) is 53.9 Å². The minimum Gasteiger partial charge on any atom is -0.381 e. The van der Waals surface area contributed by atoms with Crippen LogP contribution in [0, 0.1) is 30.4 Å². The topological polar surface area (TPSA) is 68.1 Å². The number of hydrogen-bond donors (Lipinski definition) is 1. The SMILES string of the molecule is Cc1cc(Nc2ncn(-c3cc(F)cc(F)c3)n2)nc(N2CC(C3COC3)C2)c1.[HH]. The molecule has 5 rings (SSSR count). The van der Waals surface area contributed by atoms with Crippen molar-refractivity contribution in [2.45, 2.75) is 6.92 Å². The predicted molar refractivity (Wildman–Crippen MR) is 106 cm³/mol. The van der Waals surface area contributed by atoms with Gasteiger partial charge in [-0.05, 0) is 36.8 Å². The molecule has 0 saturated carbocycles. The van der Waals surface area contributed by atoms with E-state index in [4.69, 9.17) is 4.74 Å². The zero-order chi connectivity index (χ0) is 20.0. The van der Waals surface area contributed by atoms with Crippen LogP contribution in [0.4, 0.5) is 26.4 Å². The molecule has 7 nitrogen and oxygen atoms in total. The lowest BCUT2D eigenvalue weighted by atomic mass is 9.84. The van der Waals surface area contributed by atoms with Gasteiger partial charge in [0.1, 0.15) is 29.6 Å². The van der Waals surface area contributed by atoms with Crippen molar-refractivity contribution in [3.8, 4) is 5.69 Å². The highest BCUT2D eigenvalue weighted by Crippen LogP contribution is 2.33. The highest BCUT2D eigenvalue weighted by molar-refractivity contribution is 5.56. The van der Waals surface area contributed by atoms with Crippen LogP contribution in [-0.4, -0.2) is 46.1 Å². The van der Waals surface area contributed by atoms with E-state index in [1.165, 1.54) is 23.1 Å². The number of rotatable bonds is 5. The first-order valence-corrected chi connectivity index (χ1v) is 9.50. The van der Waals surface area contributed by atoms with Crippen LogP contribution in [0.3, 0.4) is 0 Å². The zero-order valence-electron chi connectivity index (χ0n) is 15.8. The number of aromatic nitrogens is 4. The summed E-state index contributed by atoms with van der Waals surface area (Å²) in [5.41, 5.74) is 1.33. The van der Waals surface area contributed by atoms with Crippen LogP contribution in [0.15, 0.2) is 36.7 Å². The maximum Gasteiger partial charge on any atom is 0.248 e. The number of nitrogens with one attached hydrogen (secondary N) is 1. The summed E-state index contributed by atoms with van der Waals surface area (Å²) >= 11 is 0. The normalized spacial score (nSPS) is 17.1. The summed E-state index contributed by atoms with van der Waals surface area (Å²) in [6.45, 7) is 5.73. The second kappa shape index (κ2) is 7.07. The summed E-state index contributed by atoms with van der Waals surface area (Å²) in [5, 5.41) is 7.32. The van der Waals surface area contributed by atoms with E-state index in [2.05, 4.69) is 31.3 Å². The molecule has 0 bridgehead atoms. The van der Waals surface area contributed by atoms with Crippen LogP contribution in [0.2, 0.25) is 0 Å². The molecule has 0 unspecified atom stereocenters. The number of anilines is 3. The summed E-state index contributed by atoms with van der Waals surface area (Å²) in [6.07, 6.45) is 1.40. The molecule has 0 atom stereocenters. The summed E-state index contributed by atoms with van der Waals surface area (Å²) in [7, 11) is 0. The molecule has 0 aliphatic carbocycles. The highest BCUT2D eigenvalue weighted by Gasteiger charge is 2.37. The van der Waals surface area contributed by atoms with Gasteiger partial charge in [-0.2, -0.15) is 4.98 Å². The zero-order valence-corrected chi connectivity index (χ0v) is 15.8. The van der Waals surface area contributed by atoms with E-state index < -0.39 is 11.6 Å². The van der Waals surface area contributed by atoms with Crippen molar-refractivity contribution in [2.75, 3.05) is 36.5 Å². The van der Waals surface area contributed by atoms with Gasteiger partial charge in [0, 0.05) is 32.4 Å². The van der Waals surface area contributed by atoms with Gasteiger partial charge in [0.25, 0.3) is 0 Å². The third-order valence-electron chi connectivity index (χ3n) is 5.36. The lowest BCUT2D eigenvalue weighted by Gasteiger charge is -2.46. The molecule has 4 heterocycles. The van der Waals surface area contributed by atoms with Crippen molar-refractivity contribution >= 4 is 17.6 Å². The van der Waals surface area contributed by atoms with Crippen molar-refractivity contribution < 1.29 is 14.9 Å². The molecule has 0 spiro atoms. The molecule has 2 fully saturated rings. The van der Waals surface area contributed by atoms with Gasteiger partial charge in [0.15, 0.2) is 0 Å². The van der Waals surface area contributed by atoms with E-state index in [9.17, 15) is 8.78 Å².